The van der Waals surface area contributed by atoms with Crippen molar-refractivity contribution in [1.82, 2.24) is 10.3 Å². The number of benzene rings is 1. The molecule has 1 heterocycles. The average molecular weight is 309 g/mol. The van der Waals surface area contributed by atoms with E-state index in [-0.39, 0.29) is 5.82 Å². The van der Waals surface area contributed by atoms with Crippen LogP contribution >= 0.6 is 11.6 Å². The Kier molecular flexibility index (Phi) is 5.53. The third-order valence-corrected chi connectivity index (χ3v) is 3.04. The van der Waals surface area contributed by atoms with Crippen LogP contribution in [0.2, 0.25) is 5.02 Å². The van der Waals surface area contributed by atoms with E-state index >= 15 is 0 Å². The first-order valence-electron chi connectivity index (χ1n) is 6.82. The normalized spacial score (nSPS) is 10.9. The zero-order valence-electron chi connectivity index (χ0n) is 12.1. The molecule has 0 spiro atoms. The zero-order chi connectivity index (χ0) is 15.2. The van der Waals surface area contributed by atoms with Crippen molar-refractivity contribution in [2.24, 2.45) is 5.92 Å². The van der Waals surface area contributed by atoms with E-state index in [1.54, 1.807) is 24.4 Å². The topological polar surface area (TPSA) is 34.1 Å². The highest BCUT2D eigenvalue weighted by molar-refractivity contribution is 6.30. The van der Waals surface area contributed by atoms with Crippen molar-refractivity contribution in [2.45, 2.75) is 20.4 Å². The molecule has 0 saturated carbocycles. The van der Waals surface area contributed by atoms with E-state index in [1.165, 1.54) is 12.3 Å². The highest BCUT2D eigenvalue weighted by Gasteiger charge is 2.11. The SMILES string of the molecule is CC(C)CNCc1c(F)cccc1Oc1cncc(Cl)c1. The number of ether oxygens (including phenoxy) is 1. The summed E-state index contributed by atoms with van der Waals surface area (Å²) >= 11 is 5.87. The Balaban J connectivity index is 2.16. The van der Waals surface area contributed by atoms with Crippen molar-refractivity contribution in [2.75, 3.05) is 6.54 Å². The Morgan fingerprint density at radius 2 is 2.14 bits per heavy atom. The zero-order valence-corrected chi connectivity index (χ0v) is 12.8. The quantitative estimate of drug-likeness (QED) is 0.858. The number of halogens is 2. The standard InChI is InChI=1S/C16H18ClFN2O/c1-11(2)7-19-10-14-15(18)4-3-5-16(14)21-13-6-12(17)8-20-9-13/h3-6,8-9,11,19H,7,10H2,1-2H3. The predicted octanol–water partition coefficient (Wildman–Crippen LogP) is 4.41. The number of pyridine rings is 1. The first-order chi connectivity index (χ1) is 10.1. The molecule has 5 heteroatoms. The molecule has 0 atom stereocenters. The van der Waals surface area contributed by atoms with Gasteiger partial charge in [-0.15, -0.1) is 0 Å². The lowest BCUT2D eigenvalue weighted by Gasteiger charge is -2.13. The number of aromatic nitrogens is 1. The Morgan fingerprint density at radius 1 is 1.33 bits per heavy atom. The van der Waals surface area contributed by atoms with Gasteiger partial charge in [-0.25, -0.2) is 4.39 Å². The first kappa shape index (κ1) is 15.7. The number of hydrogen-bond donors (Lipinski definition) is 1. The average Bonchev–Trinajstić information content (AvgIpc) is 2.41. The Bertz CT molecular complexity index is 605. The second kappa shape index (κ2) is 7.38. The Hall–Kier alpha value is -1.65. The molecule has 0 aliphatic rings. The summed E-state index contributed by atoms with van der Waals surface area (Å²) in [5.41, 5.74) is 0.498. The van der Waals surface area contributed by atoms with Crippen LogP contribution in [0.3, 0.4) is 0 Å². The Morgan fingerprint density at radius 3 is 2.86 bits per heavy atom. The van der Waals surface area contributed by atoms with Crippen molar-refractivity contribution in [3.8, 4) is 11.5 Å². The lowest BCUT2D eigenvalue weighted by atomic mass is 10.1. The largest absolute Gasteiger partial charge is 0.455 e. The molecule has 0 bridgehead atoms. The molecular formula is C16H18ClFN2O. The fourth-order valence-corrected chi connectivity index (χ4v) is 2.03. The fraction of sp³-hybridized carbons (Fsp3) is 0.312. The molecule has 0 saturated heterocycles. The molecule has 112 valence electrons. The van der Waals surface area contributed by atoms with Crippen molar-refractivity contribution in [3.63, 3.8) is 0 Å². The van der Waals surface area contributed by atoms with Gasteiger partial charge in [-0.05, 0) is 24.6 Å². The van der Waals surface area contributed by atoms with Crippen LogP contribution in [0.15, 0.2) is 36.7 Å². The van der Waals surface area contributed by atoms with Gasteiger partial charge < -0.3 is 10.1 Å². The minimum atomic E-state index is -0.293. The van der Waals surface area contributed by atoms with Gasteiger partial charge in [0.15, 0.2) is 0 Å². The molecule has 0 aliphatic carbocycles. The minimum Gasteiger partial charge on any atom is -0.455 e. The number of nitrogens with zero attached hydrogens (tertiary/aromatic N) is 1. The lowest BCUT2D eigenvalue weighted by molar-refractivity contribution is 0.455. The molecule has 0 fully saturated rings. The number of nitrogens with one attached hydrogen (secondary N) is 1. The maximum Gasteiger partial charge on any atom is 0.147 e. The van der Waals surface area contributed by atoms with Crippen LogP contribution in [0.25, 0.3) is 0 Å². The van der Waals surface area contributed by atoms with Crippen LogP contribution in [-0.4, -0.2) is 11.5 Å². The second-order valence-corrected chi connectivity index (χ2v) is 5.62. The van der Waals surface area contributed by atoms with E-state index in [4.69, 9.17) is 16.3 Å². The predicted molar refractivity (Wildman–Crippen MR) is 82.3 cm³/mol. The van der Waals surface area contributed by atoms with Crippen LogP contribution in [0, 0.1) is 11.7 Å². The lowest BCUT2D eigenvalue weighted by Crippen LogP contribution is -2.20. The van der Waals surface area contributed by atoms with E-state index in [1.807, 2.05) is 0 Å². The summed E-state index contributed by atoms with van der Waals surface area (Å²) in [7, 11) is 0. The first-order valence-corrected chi connectivity index (χ1v) is 7.20. The highest BCUT2D eigenvalue weighted by atomic mass is 35.5. The summed E-state index contributed by atoms with van der Waals surface area (Å²) in [6.07, 6.45) is 3.06. The van der Waals surface area contributed by atoms with Gasteiger partial charge in [0.2, 0.25) is 0 Å². The van der Waals surface area contributed by atoms with Crippen LogP contribution in [0.4, 0.5) is 4.39 Å². The maximum absolute atomic E-state index is 14.0. The van der Waals surface area contributed by atoms with Gasteiger partial charge in [-0.3, -0.25) is 4.98 Å². The summed E-state index contributed by atoms with van der Waals surface area (Å²) in [6.45, 7) is 5.42. The highest BCUT2D eigenvalue weighted by Crippen LogP contribution is 2.28. The van der Waals surface area contributed by atoms with Gasteiger partial charge in [0, 0.05) is 24.4 Å². The van der Waals surface area contributed by atoms with Gasteiger partial charge in [-0.1, -0.05) is 31.5 Å². The monoisotopic (exact) mass is 308 g/mol. The van der Waals surface area contributed by atoms with Crippen molar-refractivity contribution in [1.29, 1.82) is 0 Å². The number of hydrogen-bond acceptors (Lipinski definition) is 3. The van der Waals surface area contributed by atoms with Gasteiger partial charge in [-0.2, -0.15) is 0 Å². The molecule has 0 aliphatic heterocycles. The molecule has 1 aromatic heterocycles. The molecule has 0 unspecified atom stereocenters. The van der Waals surface area contributed by atoms with Crippen molar-refractivity contribution < 1.29 is 9.13 Å². The molecule has 2 rings (SSSR count). The fourth-order valence-electron chi connectivity index (χ4n) is 1.87. The van der Waals surface area contributed by atoms with E-state index in [2.05, 4.69) is 24.1 Å². The molecule has 0 amide bonds. The summed E-state index contributed by atoms with van der Waals surface area (Å²) in [6, 6.07) is 6.42. The van der Waals surface area contributed by atoms with Crippen LogP contribution in [-0.2, 0) is 6.54 Å². The van der Waals surface area contributed by atoms with Crippen molar-refractivity contribution >= 4 is 11.6 Å². The molecule has 21 heavy (non-hydrogen) atoms. The van der Waals surface area contributed by atoms with E-state index in [0.29, 0.717) is 34.5 Å². The summed E-state index contributed by atoms with van der Waals surface area (Å²) in [5, 5.41) is 3.69. The minimum absolute atomic E-state index is 0.293. The van der Waals surface area contributed by atoms with E-state index < -0.39 is 0 Å². The number of rotatable bonds is 6. The van der Waals surface area contributed by atoms with Gasteiger partial charge in [0.05, 0.1) is 11.2 Å². The van der Waals surface area contributed by atoms with Gasteiger partial charge in [0.25, 0.3) is 0 Å². The van der Waals surface area contributed by atoms with Crippen molar-refractivity contribution in [3.05, 3.63) is 53.1 Å². The van der Waals surface area contributed by atoms with Gasteiger partial charge >= 0.3 is 0 Å². The summed E-state index contributed by atoms with van der Waals surface area (Å²) in [5.74, 6) is 1.16. The van der Waals surface area contributed by atoms with Crippen LogP contribution < -0.4 is 10.1 Å². The molecule has 1 aromatic carbocycles. The van der Waals surface area contributed by atoms with Crippen LogP contribution in [0.1, 0.15) is 19.4 Å². The smallest absolute Gasteiger partial charge is 0.147 e. The van der Waals surface area contributed by atoms with E-state index in [9.17, 15) is 4.39 Å². The third kappa shape index (κ3) is 4.69. The van der Waals surface area contributed by atoms with Gasteiger partial charge in [0.1, 0.15) is 17.3 Å². The molecule has 1 N–H and O–H groups in total. The molecule has 0 radical (unpaired) electrons. The maximum atomic E-state index is 14.0. The Labute approximate surface area is 129 Å². The van der Waals surface area contributed by atoms with Crippen LogP contribution in [0.5, 0.6) is 11.5 Å². The summed E-state index contributed by atoms with van der Waals surface area (Å²) < 4.78 is 19.7. The summed E-state index contributed by atoms with van der Waals surface area (Å²) in [4.78, 5) is 3.95. The molecule has 2 aromatic rings. The third-order valence-electron chi connectivity index (χ3n) is 2.84. The van der Waals surface area contributed by atoms with E-state index in [0.717, 1.165) is 6.54 Å². The second-order valence-electron chi connectivity index (χ2n) is 5.18. The molecule has 3 nitrogen and oxygen atoms in total. The molecular weight excluding hydrogens is 291 g/mol.